The highest BCUT2D eigenvalue weighted by Crippen LogP contribution is 2.19. The minimum absolute atomic E-state index is 0.0395. The summed E-state index contributed by atoms with van der Waals surface area (Å²) in [6, 6.07) is 4.78. The monoisotopic (exact) mass is 289 g/mol. The van der Waals surface area contributed by atoms with E-state index in [-0.39, 0.29) is 17.9 Å². The predicted molar refractivity (Wildman–Crippen MR) is 75.0 cm³/mol. The van der Waals surface area contributed by atoms with Crippen molar-refractivity contribution in [1.82, 2.24) is 9.78 Å². The number of anilines is 1. The molecule has 0 aliphatic rings. The van der Waals surface area contributed by atoms with Crippen molar-refractivity contribution in [1.29, 1.82) is 0 Å². The second-order valence-corrected chi connectivity index (χ2v) is 4.48. The molecule has 2 N–H and O–H groups in total. The third-order valence-electron chi connectivity index (χ3n) is 2.81. The van der Waals surface area contributed by atoms with Crippen LogP contribution in [-0.2, 0) is 16.1 Å². The van der Waals surface area contributed by atoms with E-state index in [4.69, 9.17) is 0 Å². The van der Waals surface area contributed by atoms with Crippen LogP contribution in [0.1, 0.15) is 15.9 Å². The first kappa shape index (κ1) is 14.6. The van der Waals surface area contributed by atoms with Gasteiger partial charge in [-0.15, -0.1) is 0 Å². The molecule has 1 aromatic heterocycles. The second kappa shape index (κ2) is 6.08. The number of phenolic OH excluding ortho intramolecular Hbond substituents is 1. The van der Waals surface area contributed by atoms with Gasteiger partial charge in [0, 0.05) is 6.20 Å². The maximum atomic E-state index is 12.0. The third-order valence-corrected chi connectivity index (χ3v) is 2.81. The van der Waals surface area contributed by atoms with E-state index in [1.54, 1.807) is 12.1 Å². The van der Waals surface area contributed by atoms with E-state index < -0.39 is 11.9 Å². The van der Waals surface area contributed by atoms with Gasteiger partial charge in [-0.1, -0.05) is 6.07 Å². The Bertz CT molecular complexity index is 679. The number of esters is 1. The molecule has 110 valence electrons. The van der Waals surface area contributed by atoms with Crippen molar-refractivity contribution in [3.63, 3.8) is 0 Å². The fourth-order valence-corrected chi connectivity index (χ4v) is 1.74. The smallest absolute Gasteiger partial charge is 0.327 e. The zero-order valence-electron chi connectivity index (χ0n) is 11.7. The summed E-state index contributed by atoms with van der Waals surface area (Å²) in [5, 5.41) is 16.3. The van der Waals surface area contributed by atoms with Crippen LogP contribution in [-0.4, -0.2) is 33.9 Å². The largest absolute Gasteiger partial charge is 0.507 e. The number of aromatic hydroxyl groups is 1. The van der Waals surface area contributed by atoms with Gasteiger partial charge in [0.15, 0.2) is 0 Å². The van der Waals surface area contributed by atoms with E-state index in [0.717, 1.165) is 5.56 Å². The number of aromatic nitrogens is 2. The van der Waals surface area contributed by atoms with Crippen LogP contribution >= 0.6 is 0 Å². The lowest BCUT2D eigenvalue weighted by molar-refractivity contribution is -0.141. The molecule has 0 aliphatic carbocycles. The Hall–Kier alpha value is -2.83. The van der Waals surface area contributed by atoms with Crippen LogP contribution in [0.5, 0.6) is 5.75 Å². The molecular weight excluding hydrogens is 274 g/mol. The third kappa shape index (κ3) is 3.59. The first-order chi connectivity index (χ1) is 9.99. The van der Waals surface area contributed by atoms with Gasteiger partial charge in [0.1, 0.15) is 12.3 Å². The van der Waals surface area contributed by atoms with Gasteiger partial charge in [-0.3, -0.25) is 14.3 Å². The van der Waals surface area contributed by atoms with Gasteiger partial charge in [-0.2, -0.15) is 5.10 Å². The van der Waals surface area contributed by atoms with Crippen molar-refractivity contribution in [2.45, 2.75) is 13.5 Å². The Kier molecular flexibility index (Phi) is 4.22. The van der Waals surface area contributed by atoms with E-state index in [1.807, 2.05) is 6.92 Å². The quantitative estimate of drug-likeness (QED) is 0.828. The molecule has 1 heterocycles. The van der Waals surface area contributed by atoms with Gasteiger partial charge >= 0.3 is 5.97 Å². The first-order valence-electron chi connectivity index (χ1n) is 6.20. The number of ether oxygens (including phenoxy) is 1. The van der Waals surface area contributed by atoms with E-state index in [0.29, 0.717) is 5.69 Å². The molecule has 0 saturated carbocycles. The molecule has 7 heteroatoms. The Labute approximate surface area is 121 Å². The Morgan fingerprint density at radius 3 is 2.86 bits per heavy atom. The van der Waals surface area contributed by atoms with E-state index in [1.165, 1.54) is 30.3 Å². The second-order valence-electron chi connectivity index (χ2n) is 4.48. The molecule has 0 unspecified atom stereocenters. The number of benzene rings is 1. The average Bonchev–Trinajstić information content (AvgIpc) is 2.85. The predicted octanol–water partition coefficient (Wildman–Crippen LogP) is 1.32. The highest BCUT2D eigenvalue weighted by Gasteiger charge is 2.12. The van der Waals surface area contributed by atoms with Crippen molar-refractivity contribution < 1.29 is 19.4 Å². The van der Waals surface area contributed by atoms with Gasteiger partial charge < -0.3 is 15.2 Å². The molecule has 0 fully saturated rings. The van der Waals surface area contributed by atoms with Crippen LogP contribution in [0.15, 0.2) is 30.6 Å². The van der Waals surface area contributed by atoms with E-state index in [9.17, 15) is 14.7 Å². The number of nitrogens with one attached hydrogen (secondary N) is 1. The fraction of sp³-hybridized carbons (Fsp3) is 0.214. The summed E-state index contributed by atoms with van der Waals surface area (Å²) >= 11 is 0. The van der Waals surface area contributed by atoms with Crippen molar-refractivity contribution in [2.24, 2.45) is 0 Å². The number of hydrogen-bond donors (Lipinski definition) is 2. The summed E-state index contributed by atoms with van der Waals surface area (Å²) in [7, 11) is 1.29. The molecule has 2 rings (SSSR count). The molecule has 1 amide bonds. The minimum Gasteiger partial charge on any atom is -0.507 e. The summed E-state index contributed by atoms with van der Waals surface area (Å²) in [5.41, 5.74) is 1.44. The van der Waals surface area contributed by atoms with Crippen LogP contribution in [0, 0.1) is 6.92 Å². The Balaban J connectivity index is 2.07. The number of amides is 1. The summed E-state index contributed by atoms with van der Waals surface area (Å²) < 4.78 is 5.86. The van der Waals surface area contributed by atoms with Crippen LogP contribution in [0.2, 0.25) is 0 Å². The molecule has 0 radical (unpaired) electrons. The zero-order valence-corrected chi connectivity index (χ0v) is 11.7. The first-order valence-corrected chi connectivity index (χ1v) is 6.20. The summed E-state index contributed by atoms with van der Waals surface area (Å²) in [6.45, 7) is 1.78. The van der Waals surface area contributed by atoms with Gasteiger partial charge in [0.05, 0.1) is 24.6 Å². The van der Waals surface area contributed by atoms with Crippen LogP contribution in [0.3, 0.4) is 0 Å². The topological polar surface area (TPSA) is 93.5 Å². The average molecular weight is 289 g/mol. The highest BCUT2D eigenvalue weighted by atomic mass is 16.5. The molecule has 0 spiro atoms. The molecule has 0 atom stereocenters. The molecule has 0 saturated heterocycles. The number of rotatable bonds is 4. The molecule has 2 aromatic rings. The lowest BCUT2D eigenvalue weighted by Crippen LogP contribution is -2.13. The number of carbonyl (C=O) groups excluding carboxylic acids is 2. The Morgan fingerprint density at radius 2 is 2.19 bits per heavy atom. The van der Waals surface area contributed by atoms with Gasteiger partial charge in [-0.25, -0.2) is 0 Å². The maximum absolute atomic E-state index is 12.0. The zero-order chi connectivity index (χ0) is 15.4. The molecule has 0 aliphatic heterocycles. The van der Waals surface area contributed by atoms with Gasteiger partial charge in [0.2, 0.25) is 0 Å². The number of aryl methyl sites for hydroxylation is 1. The van der Waals surface area contributed by atoms with Crippen LogP contribution in [0.4, 0.5) is 5.69 Å². The van der Waals surface area contributed by atoms with Crippen LogP contribution in [0.25, 0.3) is 0 Å². The summed E-state index contributed by atoms with van der Waals surface area (Å²) in [4.78, 5) is 23.1. The number of phenols is 1. The standard InChI is InChI=1S/C14H15N3O4/c1-9-3-4-11(12(18)5-9)14(20)16-10-6-15-17(7-10)8-13(19)21-2/h3-7,18H,8H2,1-2H3,(H,16,20). The maximum Gasteiger partial charge on any atom is 0.327 e. The molecule has 7 nitrogen and oxygen atoms in total. The SMILES string of the molecule is COC(=O)Cn1cc(NC(=O)c2ccc(C)cc2O)cn1. The van der Waals surface area contributed by atoms with Gasteiger partial charge in [0.25, 0.3) is 5.91 Å². The molecule has 21 heavy (non-hydrogen) atoms. The van der Waals surface area contributed by atoms with Crippen LogP contribution < -0.4 is 5.32 Å². The number of nitrogens with zero attached hydrogens (tertiary/aromatic N) is 2. The Morgan fingerprint density at radius 1 is 1.43 bits per heavy atom. The molecular formula is C14H15N3O4. The fourth-order valence-electron chi connectivity index (χ4n) is 1.74. The number of carbonyl (C=O) groups is 2. The van der Waals surface area contributed by atoms with Crippen molar-refractivity contribution in [3.8, 4) is 5.75 Å². The molecule has 0 bridgehead atoms. The van der Waals surface area contributed by atoms with Crippen molar-refractivity contribution in [2.75, 3.05) is 12.4 Å². The summed E-state index contributed by atoms with van der Waals surface area (Å²) in [6.07, 6.45) is 2.91. The van der Waals surface area contributed by atoms with E-state index in [2.05, 4.69) is 15.2 Å². The minimum atomic E-state index is -0.454. The normalized spacial score (nSPS) is 10.2. The van der Waals surface area contributed by atoms with Crippen molar-refractivity contribution >= 4 is 17.6 Å². The lowest BCUT2D eigenvalue weighted by atomic mass is 10.1. The highest BCUT2D eigenvalue weighted by molar-refractivity contribution is 6.06. The number of methoxy groups -OCH3 is 1. The van der Waals surface area contributed by atoms with E-state index >= 15 is 0 Å². The molecule has 1 aromatic carbocycles. The van der Waals surface area contributed by atoms with Gasteiger partial charge in [-0.05, 0) is 24.6 Å². The number of hydrogen-bond acceptors (Lipinski definition) is 5. The lowest BCUT2D eigenvalue weighted by Gasteiger charge is -2.05. The van der Waals surface area contributed by atoms with Crippen molar-refractivity contribution in [3.05, 3.63) is 41.7 Å². The summed E-state index contributed by atoms with van der Waals surface area (Å²) in [5.74, 6) is -0.980.